The van der Waals surface area contributed by atoms with Crippen LogP contribution in [-0.4, -0.2) is 4.98 Å². The Balaban J connectivity index is 0.000000791. The molecule has 1 aromatic heterocycles. The Bertz CT molecular complexity index is 287. The van der Waals surface area contributed by atoms with Crippen LogP contribution < -0.4 is 0 Å². The van der Waals surface area contributed by atoms with E-state index >= 15 is 0 Å². The lowest BCUT2D eigenvalue weighted by Crippen LogP contribution is -1.87. The van der Waals surface area contributed by atoms with Crippen LogP contribution in [0, 0.1) is 11.8 Å². The molecule has 1 heteroatoms. The molecule has 0 unspecified atom stereocenters. The number of pyridine rings is 1. The van der Waals surface area contributed by atoms with Crippen molar-refractivity contribution in [3.8, 4) is 11.8 Å². The highest BCUT2D eigenvalue weighted by Gasteiger charge is 1.91. The monoisotopic (exact) mass is 189 g/mol. The summed E-state index contributed by atoms with van der Waals surface area (Å²) in [7, 11) is 0. The summed E-state index contributed by atoms with van der Waals surface area (Å²) in [6.45, 7) is 7.99. The van der Waals surface area contributed by atoms with Crippen LogP contribution in [0.2, 0.25) is 0 Å². The van der Waals surface area contributed by atoms with Crippen molar-refractivity contribution in [3.05, 3.63) is 29.6 Å². The fraction of sp³-hybridized carbons (Fsp3) is 0.462. The van der Waals surface area contributed by atoms with E-state index in [2.05, 4.69) is 29.8 Å². The third-order valence-corrected chi connectivity index (χ3v) is 1.62. The van der Waals surface area contributed by atoms with Crippen molar-refractivity contribution in [2.24, 2.45) is 0 Å². The second kappa shape index (κ2) is 8.31. The molecule has 0 radical (unpaired) electrons. The predicted octanol–water partition coefficient (Wildman–Crippen LogP) is 3.43. The van der Waals surface area contributed by atoms with E-state index < -0.39 is 0 Å². The highest BCUT2D eigenvalue weighted by Crippen LogP contribution is 2.01. The van der Waals surface area contributed by atoms with Gasteiger partial charge in [0.05, 0.1) is 0 Å². The minimum absolute atomic E-state index is 0.859. The van der Waals surface area contributed by atoms with Crippen LogP contribution in [0.15, 0.2) is 18.3 Å². The van der Waals surface area contributed by atoms with Gasteiger partial charge in [-0.25, -0.2) is 4.98 Å². The second-order valence-electron chi connectivity index (χ2n) is 2.68. The van der Waals surface area contributed by atoms with Gasteiger partial charge in [0.2, 0.25) is 0 Å². The summed E-state index contributed by atoms with van der Waals surface area (Å²) >= 11 is 0. The smallest absolute Gasteiger partial charge is 0.113 e. The normalized spacial score (nSPS) is 8.00. The molecule has 0 aliphatic rings. The fourth-order valence-electron chi connectivity index (χ4n) is 1.06. The summed E-state index contributed by atoms with van der Waals surface area (Å²) in [4.78, 5) is 4.21. The number of hydrogen-bond acceptors (Lipinski definition) is 1. The molecule has 14 heavy (non-hydrogen) atoms. The quantitative estimate of drug-likeness (QED) is 0.649. The molecule has 76 valence electrons. The molecule has 0 N–H and O–H groups in total. The van der Waals surface area contributed by atoms with Crippen LogP contribution in [-0.2, 0) is 6.42 Å². The SMILES string of the molecule is CC.CC#Cc1ccc(CCC)cn1. The number of aromatic nitrogens is 1. The molecule has 1 aromatic rings. The number of aryl methyl sites for hydroxylation is 1. The van der Waals surface area contributed by atoms with Crippen molar-refractivity contribution in [2.45, 2.75) is 40.5 Å². The third-order valence-electron chi connectivity index (χ3n) is 1.62. The summed E-state index contributed by atoms with van der Waals surface area (Å²) in [6, 6.07) is 4.07. The first-order valence-corrected chi connectivity index (χ1v) is 5.24. The van der Waals surface area contributed by atoms with Crippen molar-refractivity contribution in [1.82, 2.24) is 4.98 Å². The Morgan fingerprint density at radius 1 is 1.29 bits per heavy atom. The zero-order valence-electron chi connectivity index (χ0n) is 9.59. The van der Waals surface area contributed by atoms with Gasteiger partial charge in [-0.15, -0.1) is 0 Å². The Morgan fingerprint density at radius 2 is 2.00 bits per heavy atom. The number of hydrogen-bond donors (Lipinski definition) is 0. The molecule has 0 bridgehead atoms. The van der Waals surface area contributed by atoms with Crippen molar-refractivity contribution in [1.29, 1.82) is 0 Å². The maximum atomic E-state index is 4.21. The van der Waals surface area contributed by atoms with E-state index in [-0.39, 0.29) is 0 Å². The second-order valence-corrected chi connectivity index (χ2v) is 2.68. The van der Waals surface area contributed by atoms with Gasteiger partial charge in [0.15, 0.2) is 0 Å². The Labute approximate surface area is 87.6 Å². The van der Waals surface area contributed by atoms with Crippen molar-refractivity contribution >= 4 is 0 Å². The molecule has 0 aliphatic heterocycles. The maximum Gasteiger partial charge on any atom is 0.113 e. The van der Waals surface area contributed by atoms with Gasteiger partial charge in [-0.05, 0) is 30.9 Å². The Hall–Kier alpha value is -1.29. The Morgan fingerprint density at radius 3 is 2.43 bits per heavy atom. The average Bonchev–Trinajstić information content (AvgIpc) is 2.25. The zero-order chi connectivity index (χ0) is 10.8. The number of rotatable bonds is 2. The summed E-state index contributed by atoms with van der Waals surface area (Å²) in [5.74, 6) is 5.74. The van der Waals surface area contributed by atoms with Crippen LogP contribution >= 0.6 is 0 Å². The lowest BCUT2D eigenvalue weighted by molar-refractivity contribution is 0.913. The van der Waals surface area contributed by atoms with Crippen molar-refractivity contribution in [3.63, 3.8) is 0 Å². The van der Waals surface area contributed by atoms with Crippen LogP contribution in [0.3, 0.4) is 0 Å². The molecule has 0 atom stereocenters. The van der Waals surface area contributed by atoms with E-state index in [1.165, 1.54) is 12.0 Å². The largest absolute Gasteiger partial charge is 0.248 e. The molecular formula is C13H19N. The van der Waals surface area contributed by atoms with E-state index in [9.17, 15) is 0 Å². The van der Waals surface area contributed by atoms with E-state index in [0.717, 1.165) is 12.1 Å². The van der Waals surface area contributed by atoms with Gasteiger partial charge in [-0.2, -0.15) is 0 Å². The first-order valence-electron chi connectivity index (χ1n) is 5.24. The van der Waals surface area contributed by atoms with Gasteiger partial charge in [0.25, 0.3) is 0 Å². The molecule has 0 fully saturated rings. The highest BCUT2D eigenvalue weighted by molar-refractivity contribution is 5.28. The minimum atomic E-state index is 0.859. The third kappa shape index (κ3) is 4.67. The number of nitrogens with zero attached hydrogens (tertiary/aromatic N) is 1. The van der Waals surface area contributed by atoms with Gasteiger partial charge in [0, 0.05) is 6.20 Å². The molecule has 0 saturated carbocycles. The first kappa shape index (κ1) is 12.7. The molecule has 1 nitrogen and oxygen atoms in total. The Kier molecular flexibility index (Phi) is 7.55. The lowest BCUT2D eigenvalue weighted by atomic mass is 10.1. The summed E-state index contributed by atoms with van der Waals surface area (Å²) in [5, 5.41) is 0. The first-order chi connectivity index (χ1) is 6.86. The van der Waals surface area contributed by atoms with Gasteiger partial charge < -0.3 is 0 Å². The molecule has 1 rings (SSSR count). The van der Waals surface area contributed by atoms with E-state index in [4.69, 9.17) is 0 Å². The fourth-order valence-corrected chi connectivity index (χ4v) is 1.06. The van der Waals surface area contributed by atoms with Crippen molar-refractivity contribution < 1.29 is 0 Å². The van der Waals surface area contributed by atoms with E-state index in [1.54, 1.807) is 0 Å². The van der Waals surface area contributed by atoms with E-state index in [1.807, 2.05) is 33.0 Å². The summed E-state index contributed by atoms with van der Waals surface area (Å²) in [6.07, 6.45) is 4.18. The van der Waals surface area contributed by atoms with Crippen LogP contribution in [0.1, 0.15) is 45.4 Å². The molecule has 0 spiro atoms. The molecule has 0 saturated heterocycles. The van der Waals surface area contributed by atoms with Crippen LogP contribution in [0.4, 0.5) is 0 Å². The summed E-state index contributed by atoms with van der Waals surface area (Å²) in [5.41, 5.74) is 2.15. The van der Waals surface area contributed by atoms with E-state index in [0.29, 0.717) is 0 Å². The zero-order valence-corrected chi connectivity index (χ0v) is 9.59. The standard InChI is InChI=1S/C11H13N.C2H6/c1-3-5-10-7-8-11(6-4-2)12-9-10;1-2/h7-9H,3,5H2,1-2H3;1-2H3. The van der Waals surface area contributed by atoms with Gasteiger partial charge in [-0.3, -0.25) is 0 Å². The minimum Gasteiger partial charge on any atom is -0.248 e. The molecule has 1 heterocycles. The molecule has 0 aliphatic carbocycles. The average molecular weight is 189 g/mol. The predicted molar refractivity (Wildman–Crippen MR) is 62.1 cm³/mol. The van der Waals surface area contributed by atoms with Gasteiger partial charge >= 0.3 is 0 Å². The molecular weight excluding hydrogens is 170 g/mol. The molecule has 0 aromatic carbocycles. The van der Waals surface area contributed by atoms with Gasteiger partial charge in [0.1, 0.15) is 5.69 Å². The summed E-state index contributed by atoms with van der Waals surface area (Å²) < 4.78 is 0. The highest BCUT2D eigenvalue weighted by atomic mass is 14.7. The molecule has 0 amide bonds. The lowest BCUT2D eigenvalue weighted by Gasteiger charge is -1.96. The van der Waals surface area contributed by atoms with Crippen LogP contribution in [0.25, 0.3) is 0 Å². The topological polar surface area (TPSA) is 12.9 Å². The van der Waals surface area contributed by atoms with Crippen molar-refractivity contribution in [2.75, 3.05) is 0 Å². The maximum absolute atomic E-state index is 4.21. The van der Waals surface area contributed by atoms with Crippen LogP contribution in [0.5, 0.6) is 0 Å². The van der Waals surface area contributed by atoms with Gasteiger partial charge in [-0.1, -0.05) is 39.2 Å².